The van der Waals surface area contributed by atoms with Crippen molar-refractivity contribution in [2.24, 2.45) is 10.9 Å². The van der Waals surface area contributed by atoms with Gasteiger partial charge in [-0.15, -0.1) is 0 Å². The Hall–Kier alpha value is -3.45. The summed E-state index contributed by atoms with van der Waals surface area (Å²) >= 11 is 12.5. The number of rotatable bonds is 9. The van der Waals surface area contributed by atoms with Gasteiger partial charge in [-0.05, 0) is 81.6 Å². The summed E-state index contributed by atoms with van der Waals surface area (Å²) in [4.78, 5) is 33.7. The number of methoxy groups -OCH3 is 1. The van der Waals surface area contributed by atoms with Gasteiger partial charge in [-0.25, -0.2) is 0 Å². The van der Waals surface area contributed by atoms with E-state index in [2.05, 4.69) is 75.9 Å². The van der Waals surface area contributed by atoms with Gasteiger partial charge in [0.2, 0.25) is 5.91 Å². The number of carbonyl (C=O) groups is 2. The zero-order valence-electron chi connectivity index (χ0n) is 25.5. The van der Waals surface area contributed by atoms with E-state index in [0.717, 1.165) is 38.9 Å². The standard InChI is InChI=1S/C36H39Cl2N3O3/c1-24-31(33(26-15-16-29(37)30(38)23-26)32(25(2)40-24)35(43)44-3)34(42)39-19-10-20-41-21-17-36(18-22-41,27-11-6-4-7-12-27)28-13-8-5-9-14-28/h4-9,11-16,23,32-33H,10,17-22H2,1-3H3,(H,39,42). The number of likely N-dealkylation sites (tertiary alicyclic amines) is 1. The van der Waals surface area contributed by atoms with E-state index < -0.39 is 17.8 Å². The first-order valence-corrected chi connectivity index (χ1v) is 15.9. The second-order valence-electron chi connectivity index (χ2n) is 11.7. The minimum atomic E-state index is -0.746. The first kappa shape index (κ1) is 32.0. The highest BCUT2D eigenvalue weighted by atomic mass is 35.5. The van der Waals surface area contributed by atoms with Gasteiger partial charge < -0.3 is 15.0 Å². The highest BCUT2D eigenvalue weighted by Gasteiger charge is 2.42. The number of nitrogens with one attached hydrogen (secondary N) is 1. The number of amides is 1. The second-order valence-corrected chi connectivity index (χ2v) is 12.5. The molecule has 2 heterocycles. The molecule has 0 bridgehead atoms. The number of aliphatic imine (C=N–C) groups is 1. The van der Waals surface area contributed by atoms with Crippen molar-refractivity contribution in [3.8, 4) is 0 Å². The van der Waals surface area contributed by atoms with Gasteiger partial charge in [0, 0.05) is 34.9 Å². The summed E-state index contributed by atoms with van der Waals surface area (Å²) < 4.78 is 5.13. The highest BCUT2D eigenvalue weighted by molar-refractivity contribution is 6.42. The Balaban J connectivity index is 1.24. The fraction of sp³-hybridized carbons (Fsp3) is 0.361. The van der Waals surface area contributed by atoms with Crippen LogP contribution in [0.1, 0.15) is 55.7 Å². The van der Waals surface area contributed by atoms with Gasteiger partial charge in [0.05, 0.1) is 17.2 Å². The van der Waals surface area contributed by atoms with Crippen molar-refractivity contribution in [2.75, 3.05) is 33.3 Å². The van der Waals surface area contributed by atoms with Crippen molar-refractivity contribution in [3.63, 3.8) is 0 Å². The maximum Gasteiger partial charge on any atom is 0.315 e. The number of nitrogens with zero attached hydrogens (tertiary/aromatic N) is 2. The minimum Gasteiger partial charge on any atom is -0.468 e. The van der Waals surface area contributed by atoms with E-state index in [0.29, 0.717) is 39.1 Å². The summed E-state index contributed by atoms with van der Waals surface area (Å²) in [5.41, 5.74) is 5.06. The van der Waals surface area contributed by atoms with Crippen LogP contribution >= 0.6 is 23.2 Å². The van der Waals surface area contributed by atoms with Gasteiger partial charge in [-0.2, -0.15) is 0 Å². The smallest absolute Gasteiger partial charge is 0.315 e. The van der Waals surface area contributed by atoms with Crippen LogP contribution < -0.4 is 5.32 Å². The first-order valence-electron chi connectivity index (χ1n) is 15.2. The first-order chi connectivity index (χ1) is 21.2. The van der Waals surface area contributed by atoms with E-state index in [1.807, 2.05) is 0 Å². The fourth-order valence-corrected chi connectivity index (χ4v) is 7.15. The van der Waals surface area contributed by atoms with Crippen molar-refractivity contribution in [3.05, 3.63) is 117 Å². The summed E-state index contributed by atoms with van der Waals surface area (Å²) in [5, 5.41) is 3.86. The Morgan fingerprint density at radius 3 is 2.11 bits per heavy atom. The van der Waals surface area contributed by atoms with Gasteiger partial charge in [0.25, 0.3) is 0 Å². The Labute approximate surface area is 270 Å². The predicted octanol–water partition coefficient (Wildman–Crippen LogP) is 7.20. The zero-order valence-corrected chi connectivity index (χ0v) is 27.0. The number of esters is 1. The summed E-state index contributed by atoms with van der Waals surface area (Å²) in [5.74, 6) is -2.03. The molecule has 44 heavy (non-hydrogen) atoms. The SMILES string of the molecule is COC(=O)C1C(C)=NC(C)=C(C(=O)NCCCN2CCC(c3ccccc3)(c3ccccc3)CC2)C1c1ccc(Cl)c(Cl)c1. The number of halogens is 2. The molecule has 1 fully saturated rings. The molecule has 1 N–H and O–H groups in total. The molecule has 2 aliphatic heterocycles. The lowest BCUT2D eigenvalue weighted by molar-refractivity contribution is -0.143. The molecule has 230 valence electrons. The molecule has 0 aromatic heterocycles. The summed E-state index contributed by atoms with van der Waals surface area (Å²) in [6.07, 6.45) is 2.88. The topological polar surface area (TPSA) is 71.0 Å². The largest absolute Gasteiger partial charge is 0.468 e. The summed E-state index contributed by atoms with van der Waals surface area (Å²) in [6.45, 7) is 6.94. The van der Waals surface area contributed by atoms with Crippen LogP contribution in [0, 0.1) is 5.92 Å². The molecule has 0 aliphatic carbocycles. The van der Waals surface area contributed by atoms with Crippen LogP contribution in [0.25, 0.3) is 0 Å². The molecule has 2 aliphatic rings. The van der Waals surface area contributed by atoms with Crippen molar-refractivity contribution >= 4 is 40.8 Å². The van der Waals surface area contributed by atoms with E-state index in [1.165, 1.54) is 18.2 Å². The summed E-state index contributed by atoms with van der Waals surface area (Å²) in [7, 11) is 1.34. The monoisotopic (exact) mass is 631 g/mol. The normalized spacial score (nSPS) is 20.2. The third kappa shape index (κ3) is 6.63. The van der Waals surface area contributed by atoms with Crippen molar-refractivity contribution in [2.45, 2.75) is 44.4 Å². The van der Waals surface area contributed by atoms with Crippen LogP contribution in [-0.4, -0.2) is 55.8 Å². The van der Waals surface area contributed by atoms with Crippen molar-refractivity contribution in [1.82, 2.24) is 10.2 Å². The Morgan fingerprint density at radius 1 is 0.932 bits per heavy atom. The maximum atomic E-state index is 13.7. The molecule has 5 rings (SSSR count). The van der Waals surface area contributed by atoms with Crippen LogP contribution in [0.4, 0.5) is 0 Å². The molecule has 0 spiro atoms. The van der Waals surface area contributed by atoms with E-state index in [1.54, 1.807) is 32.0 Å². The molecule has 3 aromatic carbocycles. The number of carbonyl (C=O) groups excluding carboxylic acids is 2. The van der Waals surface area contributed by atoms with Crippen LogP contribution in [0.15, 0.2) is 95.1 Å². The second kappa shape index (κ2) is 14.1. The number of hydrogen-bond acceptors (Lipinski definition) is 5. The van der Waals surface area contributed by atoms with Crippen molar-refractivity contribution in [1.29, 1.82) is 0 Å². The van der Waals surface area contributed by atoms with Gasteiger partial charge in [-0.3, -0.25) is 14.6 Å². The number of piperidine rings is 1. The molecular weight excluding hydrogens is 593 g/mol. The third-order valence-electron chi connectivity index (χ3n) is 9.13. The van der Waals surface area contributed by atoms with Crippen LogP contribution in [-0.2, 0) is 19.7 Å². The van der Waals surface area contributed by atoms with E-state index in [9.17, 15) is 9.59 Å². The lowest BCUT2D eigenvalue weighted by Gasteiger charge is -2.43. The molecule has 3 aromatic rings. The predicted molar refractivity (Wildman–Crippen MR) is 177 cm³/mol. The number of hydrogen-bond donors (Lipinski definition) is 1. The molecule has 8 heteroatoms. The average Bonchev–Trinajstić information content (AvgIpc) is 3.04. The quantitative estimate of drug-likeness (QED) is 0.200. The number of ether oxygens (including phenoxy) is 1. The Morgan fingerprint density at radius 2 is 1.55 bits per heavy atom. The van der Waals surface area contributed by atoms with Gasteiger partial charge in [0.1, 0.15) is 5.92 Å². The van der Waals surface area contributed by atoms with Crippen LogP contribution in [0.2, 0.25) is 10.0 Å². The molecule has 0 saturated carbocycles. The van der Waals surface area contributed by atoms with Gasteiger partial charge in [-0.1, -0.05) is 89.9 Å². The number of allylic oxidation sites excluding steroid dienone is 1. The van der Waals surface area contributed by atoms with E-state index in [-0.39, 0.29) is 11.3 Å². The Kier molecular flexibility index (Phi) is 10.2. The lowest BCUT2D eigenvalue weighted by Crippen LogP contribution is -2.44. The molecule has 1 amide bonds. The van der Waals surface area contributed by atoms with E-state index in [4.69, 9.17) is 27.9 Å². The highest BCUT2D eigenvalue weighted by Crippen LogP contribution is 2.42. The third-order valence-corrected chi connectivity index (χ3v) is 9.87. The maximum absolute atomic E-state index is 13.7. The molecule has 2 unspecified atom stereocenters. The molecule has 1 saturated heterocycles. The molecular formula is C36H39Cl2N3O3. The van der Waals surface area contributed by atoms with Crippen LogP contribution in [0.5, 0.6) is 0 Å². The lowest BCUT2D eigenvalue weighted by atomic mass is 9.68. The van der Waals surface area contributed by atoms with E-state index >= 15 is 0 Å². The number of benzene rings is 3. The Bertz CT molecular complexity index is 1510. The van der Waals surface area contributed by atoms with Gasteiger partial charge >= 0.3 is 5.97 Å². The minimum absolute atomic E-state index is 0.00657. The average molecular weight is 633 g/mol. The summed E-state index contributed by atoms with van der Waals surface area (Å²) in [6, 6.07) is 26.9. The molecule has 2 atom stereocenters. The fourth-order valence-electron chi connectivity index (χ4n) is 6.85. The molecule has 0 radical (unpaired) electrons. The zero-order chi connectivity index (χ0) is 31.3. The van der Waals surface area contributed by atoms with Crippen molar-refractivity contribution < 1.29 is 14.3 Å². The van der Waals surface area contributed by atoms with Crippen LogP contribution in [0.3, 0.4) is 0 Å². The molecule has 6 nitrogen and oxygen atoms in total. The van der Waals surface area contributed by atoms with Gasteiger partial charge in [0.15, 0.2) is 0 Å².